The maximum atomic E-state index is 12.1. The highest BCUT2D eigenvalue weighted by Crippen LogP contribution is 2.30. The van der Waals surface area contributed by atoms with Crippen LogP contribution in [0.25, 0.3) is 0 Å². The number of primary amides is 1. The molecule has 1 fully saturated rings. The molecule has 0 aromatic heterocycles. The predicted molar refractivity (Wildman–Crippen MR) is 76.4 cm³/mol. The van der Waals surface area contributed by atoms with Crippen molar-refractivity contribution in [2.45, 2.75) is 20.4 Å². The lowest BCUT2D eigenvalue weighted by atomic mass is 9.95. The summed E-state index contributed by atoms with van der Waals surface area (Å²) < 4.78 is 5.22. The Morgan fingerprint density at radius 3 is 2.81 bits per heavy atom. The highest BCUT2D eigenvalue weighted by atomic mass is 35.5. The SMILES string of the molecule is CC1(C)CON(Cc2cc(OCC(N)=O)ccc2Cl)C1=O. The van der Waals surface area contributed by atoms with E-state index >= 15 is 0 Å². The second-order valence-corrected chi connectivity index (χ2v) is 5.91. The van der Waals surface area contributed by atoms with Crippen LogP contribution in [0.1, 0.15) is 19.4 Å². The van der Waals surface area contributed by atoms with Gasteiger partial charge in [0.15, 0.2) is 6.61 Å². The van der Waals surface area contributed by atoms with E-state index in [2.05, 4.69) is 0 Å². The number of halogens is 1. The van der Waals surface area contributed by atoms with Gasteiger partial charge in [0, 0.05) is 5.02 Å². The monoisotopic (exact) mass is 312 g/mol. The van der Waals surface area contributed by atoms with E-state index in [0.29, 0.717) is 22.9 Å². The fourth-order valence-electron chi connectivity index (χ4n) is 1.89. The molecule has 21 heavy (non-hydrogen) atoms. The van der Waals surface area contributed by atoms with Crippen molar-refractivity contribution in [3.05, 3.63) is 28.8 Å². The third-order valence-corrected chi connectivity index (χ3v) is 3.47. The van der Waals surface area contributed by atoms with Crippen LogP contribution in [-0.4, -0.2) is 30.1 Å². The largest absolute Gasteiger partial charge is 0.484 e. The number of hydroxylamine groups is 2. The van der Waals surface area contributed by atoms with E-state index in [1.807, 2.05) is 13.8 Å². The van der Waals surface area contributed by atoms with Crippen molar-refractivity contribution in [1.29, 1.82) is 0 Å². The Morgan fingerprint density at radius 1 is 1.52 bits per heavy atom. The number of hydrogen-bond donors (Lipinski definition) is 1. The molecule has 2 N–H and O–H groups in total. The Balaban J connectivity index is 2.11. The molecule has 0 saturated carbocycles. The zero-order valence-electron chi connectivity index (χ0n) is 11.9. The van der Waals surface area contributed by atoms with Gasteiger partial charge in [-0.05, 0) is 37.6 Å². The van der Waals surface area contributed by atoms with E-state index in [1.165, 1.54) is 5.06 Å². The molecule has 1 heterocycles. The average Bonchev–Trinajstić information content (AvgIpc) is 2.66. The fraction of sp³-hybridized carbons (Fsp3) is 0.429. The topological polar surface area (TPSA) is 81.9 Å². The zero-order valence-corrected chi connectivity index (χ0v) is 12.6. The summed E-state index contributed by atoms with van der Waals surface area (Å²) in [6.07, 6.45) is 0. The first-order chi connectivity index (χ1) is 9.79. The number of carbonyl (C=O) groups is 2. The van der Waals surface area contributed by atoms with Crippen LogP contribution in [0.4, 0.5) is 0 Å². The molecule has 0 bridgehead atoms. The summed E-state index contributed by atoms with van der Waals surface area (Å²) in [5.74, 6) is -0.201. The molecule has 0 atom stereocenters. The minimum absolute atomic E-state index is 0.0953. The molecule has 2 rings (SSSR count). The zero-order chi connectivity index (χ0) is 15.6. The minimum atomic E-state index is -0.564. The second-order valence-electron chi connectivity index (χ2n) is 5.51. The van der Waals surface area contributed by atoms with Crippen LogP contribution in [-0.2, 0) is 21.0 Å². The average molecular weight is 313 g/mol. The summed E-state index contributed by atoms with van der Waals surface area (Å²) in [7, 11) is 0. The number of nitrogens with two attached hydrogens (primary N) is 1. The molecule has 1 aromatic carbocycles. The van der Waals surface area contributed by atoms with Crippen molar-refractivity contribution < 1.29 is 19.2 Å². The molecule has 6 nitrogen and oxygen atoms in total. The van der Waals surface area contributed by atoms with Crippen molar-refractivity contribution in [1.82, 2.24) is 5.06 Å². The van der Waals surface area contributed by atoms with E-state index in [9.17, 15) is 9.59 Å². The molecular weight excluding hydrogens is 296 g/mol. The smallest absolute Gasteiger partial charge is 0.255 e. The summed E-state index contributed by atoms with van der Waals surface area (Å²) in [5.41, 5.74) is 5.16. The van der Waals surface area contributed by atoms with Gasteiger partial charge in [-0.2, -0.15) is 0 Å². The number of carbonyl (C=O) groups excluding carboxylic acids is 2. The molecule has 114 valence electrons. The van der Waals surface area contributed by atoms with Crippen molar-refractivity contribution in [3.8, 4) is 5.75 Å². The van der Waals surface area contributed by atoms with Gasteiger partial charge in [-0.25, -0.2) is 5.06 Å². The molecule has 1 aliphatic rings. The van der Waals surface area contributed by atoms with Gasteiger partial charge < -0.3 is 10.5 Å². The van der Waals surface area contributed by atoms with Crippen molar-refractivity contribution in [2.75, 3.05) is 13.2 Å². The molecule has 0 radical (unpaired) electrons. The van der Waals surface area contributed by atoms with Crippen LogP contribution in [0.3, 0.4) is 0 Å². The van der Waals surface area contributed by atoms with Crippen LogP contribution in [0.5, 0.6) is 5.75 Å². The summed E-state index contributed by atoms with van der Waals surface area (Å²) >= 11 is 6.12. The van der Waals surface area contributed by atoms with Gasteiger partial charge in [0.05, 0.1) is 18.6 Å². The molecule has 1 aromatic rings. The molecule has 1 aliphatic heterocycles. The summed E-state index contributed by atoms with van der Waals surface area (Å²) in [4.78, 5) is 28.2. The summed E-state index contributed by atoms with van der Waals surface area (Å²) in [6, 6.07) is 4.93. The molecule has 0 aliphatic carbocycles. The Kier molecular flexibility index (Phi) is 4.39. The lowest BCUT2D eigenvalue weighted by molar-refractivity contribution is -0.165. The molecule has 1 saturated heterocycles. The molecule has 0 spiro atoms. The van der Waals surface area contributed by atoms with Crippen molar-refractivity contribution in [3.63, 3.8) is 0 Å². The number of amides is 2. The van der Waals surface area contributed by atoms with Gasteiger partial charge in [-0.3, -0.25) is 14.4 Å². The van der Waals surface area contributed by atoms with Gasteiger partial charge in [-0.15, -0.1) is 0 Å². The van der Waals surface area contributed by atoms with Crippen molar-refractivity contribution >= 4 is 23.4 Å². The standard InChI is InChI=1S/C14H17ClN2O4/c1-14(2)8-21-17(13(14)19)6-9-5-10(3-4-11(9)15)20-7-12(16)18/h3-5H,6-8H2,1-2H3,(H2,16,18). The van der Waals surface area contributed by atoms with Gasteiger partial charge in [0.25, 0.3) is 11.8 Å². The Morgan fingerprint density at radius 2 is 2.24 bits per heavy atom. The number of nitrogens with zero attached hydrogens (tertiary/aromatic N) is 1. The normalized spacial score (nSPS) is 17.1. The Labute approximate surface area is 127 Å². The van der Waals surface area contributed by atoms with Crippen LogP contribution in [0.2, 0.25) is 5.02 Å². The highest BCUT2D eigenvalue weighted by molar-refractivity contribution is 6.31. The van der Waals surface area contributed by atoms with Gasteiger partial charge in [0.2, 0.25) is 0 Å². The lowest BCUT2D eigenvalue weighted by Gasteiger charge is -2.17. The number of benzene rings is 1. The molecule has 7 heteroatoms. The molecular formula is C14H17ClN2O4. The van der Waals surface area contributed by atoms with Crippen molar-refractivity contribution in [2.24, 2.45) is 11.1 Å². The highest BCUT2D eigenvalue weighted by Gasteiger charge is 2.40. The minimum Gasteiger partial charge on any atom is -0.484 e. The maximum absolute atomic E-state index is 12.1. The van der Waals surface area contributed by atoms with Crippen LogP contribution < -0.4 is 10.5 Å². The van der Waals surface area contributed by atoms with E-state index < -0.39 is 11.3 Å². The Bertz CT molecular complexity index is 574. The first-order valence-corrected chi connectivity index (χ1v) is 6.82. The van der Waals surface area contributed by atoms with Gasteiger partial charge in [0.1, 0.15) is 5.75 Å². The summed E-state index contributed by atoms with van der Waals surface area (Å²) in [6.45, 7) is 3.98. The van der Waals surface area contributed by atoms with E-state index in [4.69, 9.17) is 26.9 Å². The van der Waals surface area contributed by atoms with E-state index in [1.54, 1.807) is 18.2 Å². The van der Waals surface area contributed by atoms with Crippen LogP contribution >= 0.6 is 11.6 Å². The Hall–Kier alpha value is -1.79. The predicted octanol–water partition coefficient (Wildman–Crippen LogP) is 1.50. The van der Waals surface area contributed by atoms with E-state index in [0.717, 1.165) is 0 Å². The fourth-order valence-corrected chi connectivity index (χ4v) is 2.06. The third-order valence-electron chi connectivity index (χ3n) is 3.10. The van der Waals surface area contributed by atoms with Gasteiger partial charge >= 0.3 is 0 Å². The number of ether oxygens (including phenoxy) is 1. The number of hydrogen-bond acceptors (Lipinski definition) is 4. The van der Waals surface area contributed by atoms with Gasteiger partial charge in [-0.1, -0.05) is 11.6 Å². The van der Waals surface area contributed by atoms with Crippen LogP contribution in [0.15, 0.2) is 18.2 Å². The first-order valence-electron chi connectivity index (χ1n) is 6.44. The quantitative estimate of drug-likeness (QED) is 0.893. The first kappa shape index (κ1) is 15.6. The molecule has 2 amide bonds. The maximum Gasteiger partial charge on any atom is 0.255 e. The lowest BCUT2D eigenvalue weighted by Crippen LogP contribution is -2.30. The molecule has 0 unspecified atom stereocenters. The van der Waals surface area contributed by atoms with E-state index in [-0.39, 0.29) is 19.1 Å². The second kappa shape index (κ2) is 5.91. The summed E-state index contributed by atoms with van der Waals surface area (Å²) in [5, 5.41) is 1.78. The van der Waals surface area contributed by atoms with Crippen LogP contribution in [0, 0.1) is 5.41 Å². The third kappa shape index (κ3) is 3.65. The number of rotatable bonds is 5.